The Balaban J connectivity index is 1.92. The number of rotatable bonds is 14. The van der Waals surface area contributed by atoms with E-state index in [-0.39, 0.29) is 17.5 Å². The van der Waals surface area contributed by atoms with Crippen LogP contribution in [0.2, 0.25) is 0 Å². The molecule has 2 aromatic carbocycles. The lowest BCUT2D eigenvalue weighted by atomic mass is 10.2. The predicted molar refractivity (Wildman–Crippen MR) is 131 cm³/mol. The topological polar surface area (TPSA) is 83.6 Å². The summed E-state index contributed by atoms with van der Waals surface area (Å²) in [6, 6.07) is 10.5. The number of ether oxygens (including phenoxy) is 2. The van der Waals surface area contributed by atoms with E-state index in [1.165, 1.54) is 0 Å². The Morgan fingerprint density at radius 1 is 0.812 bits per heavy atom. The molecular formula is C26H36N2O4. The minimum absolute atomic E-state index is 0.0232. The fourth-order valence-corrected chi connectivity index (χ4v) is 2.85. The van der Waals surface area contributed by atoms with Crippen molar-refractivity contribution in [2.75, 3.05) is 19.8 Å². The van der Waals surface area contributed by atoms with Crippen molar-refractivity contribution in [1.82, 2.24) is 0 Å². The van der Waals surface area contributed by atoms with Gasteiger partial charge in [0.05, 0.1) is 25.8 Å². The van der Waals surface area contributed by atoms with Crippen molar-refractivity contribution in [3.8, 4) is 23.0 Å². The van der Waals surface area contributed by atoms with Crippen LogP contribution >= 0.6 is 0 Å². The van der Waals surface area contributed by atoms with E-state index in [0.717, 1.165) is 32.1 Å². The Kier molecular flexibility index (Phi) is 11.1. The maximum Gasteiger partial charge on any atom is 0.128 e. The van der Waals surface area contributed by atoms with Crippen LogP contribution in [0.1, 0.15) is 64.0 Å². The number of aliphatic imine (C=N–C) groups is 2. The van der Waals surface area contributed by atoms with Crippen molar-refractivity contribution in [1.29, 1.82) is 0 Å². The number of hydrogen-bond acceptors (Lipinski definition) is 6. The Hall–Kier alpha value is -3.02. The zero-order valence-electron chi connectivity index (χ0n) is 19.5. The first kappa shape index (κ1) is 25.2. The molecule has 0 aliphatic rings. The van der Waals surface area contributed by atoms with Gasteiger partial charge in [0.25, 0.3) is 0 Å². The average Bonchev–Trinajstić information content (AvgIpc) is 2.78. The molecule has 0 aromatic heterocycles. The highest BCUT2D eigenvalue weighted by atomic mass is 16.5. The third-order valence-electron chi connectivity index (χ3n) is 4.98. The summed E-state index contributed by atoms with van der Waals surface area (Å²) in [6.45, 7) is 8.03. The highest BCUT2D eigenvalue weighted by Crippen LogP contribution is 2.24. The molecule has 0 fully saturated rings. The summed E-state index contributed by atoms with van der Waals surface area (Å²) < 4.78 is 11.2. The molecule has 1 unspecified atom stereocenters. The monoisotopic (exact) mass is 440 g/mol. The molecule has 0 heterocycles. The second-order valence-corrected chi connectivity index (χ2v) is 7.68. The first-order chi connectivity index (χ1) is 15.6. The molecule has 0 amide bonds. The number of aromatic hydroxyl groups is 2. The molecule has 0 radical (unpaired) electrons. The summed E-state index contributed by atoms with van der Waals surface area (Å²) in [7, 11) is 0. The first-order valence-corrected chi connectivity index (χ1v) is 11.5. The van der Waals surface area contributed by atoms with E-state index >= 15 is 0 Å². The lowest BCUT2D eigenvalue weighted by molar-refractivity contribution is 0.307. The smallest absolute Gasteiger partial charge is 0.128 e. The molecule has 2 aromatic rings. The maximum atomic E-state index is 10.2. The van der Waals surface area contributed by atoms with E-state index in [1.807, 2.05) is 19.1 Å². The fraction of sp³-hybridized carbons (Fsp3) is 0.462. The largest absolute Gasteiger partial charge is 0.507 e. The van der Waals surface area contributed by atoms with Crippen molar-refractivity contribution in [3.05, 3.63) is 47.5 Å². The number of benzene rings is 2. The van der Waals surface area contributed by atoms with E-state index in [9.17, 15) is 10.2 Å². The van der Waals surface area contributed by atoms with Crippen molar-refractivity contribution >= 4 is 12.4 Å². The maximum absolute atomic E-state index is 10.2. The summed E-state index contributed by atoms with van der Waals surface area (Å²) in [4.78, 5) is 9.01. The van der Waals surface area contributed by atoms with Gasteiger partial charge in [-0.15, -0.1) is 0 Å². The molecule has 2 rings (SSSR count). The summed E-state index contributed by atoms with van der Waals surface area (Å²) in [6.07, 6.45) is 8.24. The van der Waals surface area contributed by atoms with E-state index in [4.69, 9.17) is 9.47 Å². The molecule has 1 atom stereocenters. The Labute approximate surface area is 191 Å². The second kappa shape index (κ2) is 14.1. The Morgan fingerprint density at radius 3 is 1.81 bits per heavy atom. The van der Waals surface area contributed by atoms with Gasteiger partial charge in [0, 0.05) is 35.7 Å². The van der Waals surface area contributed by atoms with Gasteiger partial charge in [-0.2, -0.15) is 0 Å². The zero-order chi connectivity index (χ0) is 23.2. The van der Waals surface area contributed by atoms with Crippen LogP contribution < -0.4 is 9.47 Å². The van der Waals surface area contributed by atoms with Crippen molar-refractivity contribution < 1.29 is 19.7 Å². The van der Waals surface area contributed by atoms with Crippen molar-refractivity contribution in [2.24, 2.45) is 9.98 Å². The third-order valence-corrected chi connectivity index (χ3v) is 4.98. The van der Waals surface area contributed by atoms with Gasteiger partial charge in [-0.3, -0.25) is 9.98 Å². The van der Waals surface area contributed by atoms with Gasteiger partial charge in [0.15, 0.2) is 0 Å². The molecule has 0 aliphatic carbocycles. The van der Waals surface area contributed by atoms with Crippen LogP contribution in [0.5, 0.6) is 23.0 Å². The van der Waals surface area contributed by atoms with E-state index in [1.54, 1.807) is 36.7 Å². The number of phenolic OH excluding ortho intramolecular Hbond substituents is 2. The molecule has 0 spiro atoms. The SMILES string of the molecule is CCCCOc1ccc(C=NCC(CC)N=Cc2ccc(OCCCC)cc2O)c(O)c1. The first-order valence-electron chi connectivity index (χ1n) is 11.5. The minimum atomic E-state index is -0.0232. The van der Waals surface area contributed by atoms with Crippen LogP contribution in [0, 0.1) is 0 Å². The number of phenols is 2. The Morgan fingerprint density at radius 2 is 1.34 bits per heavy atom. The predicted octanol–water partition coefficient (Wildman–Crippen LogP) is 5.77. The van der Waals surface area contributed by atoms with E-state index < -0.39 is 0 Å². The summed E-state index contributed by atoms with van der Waals surface area (Å²) in [5.74, 6) is 1.61. The molecule has 174 valence electrons. The Bertz CT molecular complexity index is 880. The molecule has 0 aliphatic heterocycles. The molecule has 6 nitrogen and oxygen atoms in total. The van der Waals surface area contributed by atoms with Crippen LogP contribution in [0.15, 0.2) is 46.4 Å². The van der Waals surface area contributed by atoms with Gasteiger partial charge in [-0.05, 0) is 43.5 Å². The van der Waals surface area contributed by atoms with E-state index in [0.29, 0.717) is 42.4 Å². The number of hydrogen-bond donors (Lipinski definition) is 2. The van der Waals surface area contributed by atoms with Gasteiger partial charge in [-0.1, -0.05) is 33.6 Å². The molecule has 6 heteroatoms. The highest BCUT2D eigenvalue weighted by molar-refractivity contribution is 5.84. The average molecular weight is 441 g/mol. The number of nitrogens with zero attached hydrogens (tertiary/aromatic N) is 2. The zero-order valence-corrected chi connectivity index (χ0v) is 19.5. The van der Waals surface area contributed by atoms with Gasteiger partial charge < -0.3 is 19.7 Å². The normalized spacial score (nSPS) is 12.5. The standard InChI is InChI=1S/C26H36N2O4/c1-4-7-13-31-23-11-9-20(25(29)15-23)17-27-19-22(6-3)28-18-21-10-12-24(16-26(21)30)32-14-8-5-2/h9-12,15-18,22,29-30H,4-8,13-14,19H2,1-3H3. The summed E-state index contributed by atoms with van der Waals surface area (Å²) in [5.41, 5.74) is 1.29. The number of unbranched alkanes of at least 4 members (excludes halogenated alkanes) is 2. The molecule has 0 bridgehead atoms. The third kappa shape index (κ3) is 8.61. The molecular weight excluding hydrogens is 404 g/mol. The molecule has 32 heavy (non-hydrogen) atoms. The van der Waals surface area contributed by atoms with Crippen LogP contribution in [0.4, 0.5) is 0 Å². The fourth-order valence-electron chi connectivity index (χ4n) is 2.85. The van der Waals surface area contributed by atoms with Crippen molar-refractivity contribution in [2.45, 2.75) is 58.9 Å². The summed E-state index contributed by atoms with van der Waals surface area (Å²) in [5, 5.41) is 20.4. The van der Waals surface area contributed by atoms with Gasteiger partial charge in [0.1, 0.15) is 23.0 Å². The molecule has 0 saturated heterocycles. The van der Waals surface area contributed by atoms with E-state index in [2.05, 4.69) is 23.8 Å². The lowest BCUT2D eigenvalue weighted by Crippen LogP contribution is -2.08. The molecule has 0 saturated carbocycles. The van der Waals surface area contributed by atoms with Crippen LogP contribution in [0.3, 0.4) is 0 Å². The summed E-state index contributed by atoms with van der Waals surface area (Å²) >= 11 is 0. The second-order valence-electron chi connectivity index (χ2n) is 7.68. The van der Waals surface area contributed by atoms with Crippen LogP contribution in [-0.4, -0.2) is 48.4 Å². The van der Waals surface area contributed by atoms with Gasteiger partial charge in [-0.25, -0.2) is 0 Å². The van der Waals surface area contributed by atoms with Gasteiger partial charge >= 0.3 is 0 Å². The van der Waals surface area contributed by atoms with Gasteiger partial charge in [0.2, 0.25) is 0 Å². The quantitative estimate of drug-likeness (QED) is 0.288. The van der Waals surface area contributed by atoms with Crippen molar-refractivity contribution in [3.63, 3.8) is 0 Å². The molecule has 2 N–H and O–H groups in total. The van der Waals surface area contributed by atoms with Crippen LogP contribution in [0.25, 0.3) is 0 Å². The lowest BCUT2D eigenvalue weighted by Gasteiger charge is -2.09. The minimum Gasteiger partial charge on any atom is -0.507 e. The van der Waals surface area contributed by atoms with Crippen LogP contribution in [-0.2, 0) is 0 Å². The highest BCUT2D eigenvalue weighted by Gasteiger charge is 2.06.